The van der Waals surface area contributed by atoms with E-state index in [1.54, 1.807) is 17.1 Å². The van der Waals surface area contributed by atoms with E-state index >= 15 is 0 Å². The molecule has 1 fully saturated rings. The Morgan fingerprint density at radius 1 is 1.23 bits per heavy atom. The van der Waals surface area contributed by atoms with Gasteiger partial charge in [0.2, 0.25) is 5.91 Å². The first kappa shape index (κ1) is 14.3. The molecule has 0 aromatic heterocycles. The van der Waals surface area contributed by atoms with Crippen LogP contribution in [0.25, 0.3) is 0 Å². The summed E-state index contributed by atoms with van der Waals surface area (Å²) in [6.07, 6.45) is 11.7. The lowest BCUT2D eigenvalue weighted by Crippen LogP contribution is -2.59. The number of hydrogen-bond donors (Lipinski definition) is 0. The summed E-state index contributed by atoms with van der Waals surface area (Å²) in [7, 11) is 0. The molecule has 1 aromatic rings. The number of carbonyl (C=O) groups excluding carboxylic acids is 2. The van der Waals surface area contributed by atoms with Crippen LogP contribution in [0.15, 0.2) is 54.6 Å². The third kappa shape index (κ3) is 2.36. The third-order valence-electron chi connectivity index (χ3n) is 3.79. The van der Waals surface area contributed by atoms with Crippen LogP contribution in [-0.4, -0.2) is 24.0 Å². The van der Waals surface area contributed by atoms with Crippen molar-refractivity contribution in [1.82, 2.24) is 0 Å². The normalized spacial score (nSPS) is 22.9. The number of ketones is 1. The number of anilines is 1. The van der Waals surface area contributed by atoms with E-state index in [2.05, 4.69) is 5.92 Å². The van der Waals surface area contributed by atoms with Gasteiger partial charge in [-0.15, -0.1) is 12.3 Å². The van der Waals surface area contributed by atoms with Gasteiger partial charge in [0.15, 0.2) is 11.5 Å². The monoisotopic (exact) mass is 293 g/mol. The lowest BCUT2D eigenvalue weighted by atomic mass is 9.95. The van der Waals surface area contributed by atoms with Crippen LogP contribution in [0.3, 0.4) is 0 Å². The molecular weight excluding hydrogens is 278 g/mol. The van der Waals surface area contributed by atoms with Gasteiger partial charge < -0.3 is 4.74 Å². The summed E-state index contributed by atoms with van der Waals surface area (Å²) in [5, 5.41) is 0. The van der Waals surface area contributed by atoms with Crippen LogP contribution < -0.4 is 4.90 Å². The molecule has 1 aliphatic carbocycles. The molecule has 0 radical (unpaired) electrons. The van der Waals surface area contributed by atoms with Crippen LogP contribution in [0.1, 0.15) is 6.42 Å². The largest absolute Gasteiger partial charge is 0.347 e. The molecule has 1 spiro atoms. The molecule has 1 unspecified atom stereocenters. The lowest BCUT2D eigenvalue weighted by Gasteiger charge is -2.46. The van der Waals surface area contributed by atoms with E-state index in [0.29, 0.717) is 12.1 Å². The minimum absolute atomic E-state index is 0.0981. The standard InChI is InChI=1S/C18H15NO3/c1-2-6-14-13-22-18(11-9-16(20)10-12-18)19(17(14)21)15-7-4-3-5-8-15/h1,3-5,7-12,14H,6,13H2. The second kappa shape index (κ2) is 5.63. The van der Waals surface area contributed by atoms with Crippen LogP contribution in [0.4, 0.5) is 5.69 Å². The van der Waals surface area contributed by atoms with Crippen molar-refractivity contribution in [2.24, 2.45) is 5.92 Å². The zero-order valence-electron chi connectivity index (χ0n) is 11.9. The van der Waals surface area contributed by atoms with Gasteiger partial charge in [-0.3, -0.25) is 14.5 Å². The van der Waals surface area contributed by atoms with Crippen molar-refractivity contribution >= 4 is 17.4 Å². The molecule has 0 saturated carbocycles. The summed E-state index contributed by atoms with van der Waals surface area (Å²) in [6.45, 7) is 0.231. The minimum Gasteiger partial charge on any atom is -0.347 e. The average molecular weight is 293 g/mol. The fraction of sp³-hybridized carbons (Fsp3) is 0.222. The van der Waals surface area contributed by atoms with Gasteiger partial charge in [-0.1, -0.05) is 18.2 Å². The number of benzene rings is 1. The topological polar surface area (TPSA) is 46.6 Å². The Hall–Kier alpha value is -2.64. The van der Waals surface area contributed by atoms with Gasteiger partial charge in [-0.05, 0) is 36.4 Å². The zero-order valence-corrected chi connectivity index (χ0v) is 11.9. The van der Waals surface area contributed by atoms with Crippen molar-refractivity contribution in [3.05, 3.63) is 54.6 Å². The van der Waals surface area contributed by atoms with E-state index in [9.17, 15) is 9.59 Å². The minimum atomic E-state index is -1.06. The molecule has 3 rings (SSSR count). The Bertz CT molecular complexity index is 681. The first-order valence-corrected chi connectivity index (χ1v) is 7.05. The number of nitrogens with zero attached hydrogens (tertiary/aromatic N) is 1. The van der Waals surface area contributed by atoms with Gasteiger partial charge in [0.05, 0.1) is 12.5 Å². The van der Waals surface area contributed by atoms with E-state index in [0.717, 1.165) is 0 Å². The summed E-state index contributed by atoms with van der Waals surface area (Å²) in [5.74, 6) is 1.92. The SMILES string of the molecule is C#CCC1COC2(C=CC(=O)C=C2)N(c2ccccc2)C1=O. The second-order valence-electron chi connectivity index (χ2n) is 5.25. The number of ether oxygens (including phenoxy) is 1. The number of terminal acetylenes is 1. The smallest absolute Gasteiger partial charge is 0.236 e. The van der Waals surface area contributed by atoms with Crippen molar-refractivity contribution < 1.29 is 14.3 Å². The van der Waals surface area contributed by atoms with Crippen molar-refractivity contribution in [3.63, 3.8) is 0 Å². The fourth-order valence-electron chi connectivity index (χ4n) is 2.68. The Kier molecular flexibility index (Phi) is 3.66. The van der Waals surface area contributed by atoms with Gasteiger partial charge in [-0.25, -0.2) is 0 Å². The number of amides is 1. The molecule has 1 aliphatic heterocycles. The van der Waals surface area contributed by atoms with Gasteiger partial charge in [0, 0.05) is 12.1 Å². The molecular formula is C18H15NO3. The molecule has 1 aromatic carbocycles. The van der Waals surface area contributed by atoms with Crippen LogP contribution in [-0.2, 0) is 14.3 Å². The summed E-state index contributed by atoms with van der Waals surface area (Å²) >= 11 is 0. The Morgan fingerprint density at radius 3 is 2.55 bits per heavy atom. The Balaban J connectivity index is 2.05. The summed E-state index contributed by atoms with van der Waals surface area (Å²) in [4.78, 5) is 25.9. The van der Waals surface area contributed by atoms with Crippen molar-refractivity contribution in [2.45, 2.75) is 12.1 Å². The maximum atomic E-state index is 12.9. The molecule has 2 aliphatic rings. The molecule has 1 heterocycles. The van der Waals surface area contributed by atoms with E-state index in [4.69, 9.17) is 11.2 Å². The summed E-state index contributed by atoms with van der Waals surface area (Å²) in [6, 6.07) is 9.24. The summed E-state index contributed by atoms with van der Waals surface area (Å²) in [5.41, 5.74) is -0.352. The van der Waals surface area contributed by atoms with Gasteiger partial charge in [-0.2, -0.15) is 0 Å². The molecule has 0 bridgehead atoms. The molecule has 4 nitrogen and oxygen atoms in total. The van der Waals surface area contributed by atoms with Crippen molar-refractivity contribution in [3.8, 4) is 12.3 Å². The third-order valence-corrected chi connectivity index (χ3v) is 3.79. The second-order valence-corrected chi connectivity index (χ2v) is 5.25. The van der Waals surface area contributed by atoms with Crippen LogP contribution in [0, 0.1) is 18.3 Å². The molecule has 1 saturated heterocycles. The first-order valence-electron chi connectivity index (χ1n) is 7.05. The van der Waals surface area contributed by atoms with Crippen LogP contribution in [0.5, 0.6) is 0 Å². The number of hydrogen-bond acceptors (Lipinski definition) is 3. The molecule has 1 amide bonds. The van der Waals surface area contributed by atoms with Crippen molar-refractivity contribution in [1.29, 1.82) is 0 Å². The maximum Gasteiger partial charge on any atom is 0.236 e. The predicted octanol–water partition coefficient (Wildman–Crippen LogP) is 2.08. The quantitative estimate of drug-likeness (QED) is 0.784. The number of rotatable bonds is 2. The molecule has 110 valence electrons. The number of allylic oxidation sites excluding steroid dienone is 2. The summed E-state index contributed by atoms with van der Waals surface area (Å²) < 4.78 is 5.94. The Morgan fingerprint density at radius 2 is 1.91 bits per heavy atom. The maximum absolute atomic E-state index is 12.9. The average Bonchev–Trinajstić information content (AvgIpc) is 2.54. The number of para-hydroxylation sites is 1. The van der Waals surface area contributed by atoms with Crippen LogP contribution in [0.2, 0.25) is 0 Å². The van der Waals surface area contributed by atoms with Gasteiger partial charge >= 0.3 is 0 Å². The zero-order chi connectivity index (χ0) is 15.6. The van der Waals surface area contributed by atoms with Gasteiger partial charge in [0.1, 0.15) is 0 Å². The molecule has 22 heavy (non-hydrogen) atoms. The van der Waals surface area contributed by atoms with E-state index in [-0.39, 0.29) is 24.2 Å². The Labute approximate surface area is 129 Å². The lowest BCUT2D eigenvalue weighted by molar-refractivity contribution is -0.137. The fourth-order valence-corrected chi connectivity index (χ4v) is 2.68. The highest BCUT2D eigenvalue weighted by atomic mass is 16.5. The highest BCUT2D eigenvalue weighted by Gasteiger charge is 2.46. The highest BCUT2D eigenvalue weighted by molar-refractivity contribution is 6.03. The van der Waals surface area contributed by atoms with E-state index < -0.39 is 5.72 Å². The molecule has 0 N–H and O–H groups in total. The van der Waals surface area contributed by atoms with Crippen molar-refractivity contribution in [2.75, 3.05) is 11.5 Å². The van der Waals surface area contributed by atoms with E-state index in [1.165, 1.54) is 12.2 Å². The highest BCUT2D eigenvalue weighted by Crippen LogP contribution is 2.36. The van der Waals surface area contributed by atoms with Crippen LogP contribution >= 0.6 is 0 Å². The predicted molar refractivity (Wildman–Crippen MR) is 82.8 cm³/mol. The molecule has 1 atom stereocenters. The van der Waals surface area contributed by atoms with E-state index in [1.807, 2.05) is 30.3 Å². The first-order chi connectivity index (χ1) is 10.7. The molecule has 4 heteroatoms. The number of carbonyl (C=O) groups is 2. The van der Waals surface area contributed by atoms with Gasteiger partial charge in [0.25, 0.3) is 0 Å².